The summed E-state index contributed by atoms with van der Waals surface area (Å²) in [5.41, 5.74) is 0.950. The van der Waals surface area contributed by atoms with Gasteiger partial charge in [-0.15, -0.1) is 0 Å². The lowest BCUT2D eigenvalue weighted by atomic mass is 10.1. The van der Waals surface area contributed by atoms with Crippen molar-refractivity contribution in [3.05, 3.63) is 54.5 Å². The molecule has 0 aliphatic heterocycles. The highest BCUT2D eigenvalue weighted by atomic mass is 32.2. The van der Waals surface area contributed by atoms with Crippen LogP contribution in [0.3, 0.4) is 0 Å². The third-order valence-corrected chi connectivity index (χ3v) is 5.99. The first kappa shape index (κ1) is 20.0. The zero-order chi connectivity index (χ0) is 21.3. The van der Waals surface area contributed by atoms with E-state index in [9.17, 15) is 13.2 Å². The second-order valence-electron chi connectivity index (χ2n) is 6.44. The molecule has 0 aliphatic rings. The van der Waals surface area contributed by atoms with Crippen LogP contribution in [0.4, 0.5) is 5.13 Å². The number of benzene rings is 2. The van der Waals surface area contributed by atoms with Gasteiger partial charge in [0.15, 0.2) is 9.84 Å². The van der Waals surface area contributed by atoms with E-state index in [2.05, 4.69) is 19.8 Å². The summed E-state index contributed by atoms with van der Waals surface area (Å²) in [6.45, 7) is 2.61. The van der Waals surface area contributed by atoms with Gasteiger partial charge in [-0.2, -0.15) is 9.47 Å². The Hall–Kier alpha value is -3.31. The molecule has 30 heavy (non-hydrogen) atoms. The molecule has 0 unspecified atom stereocenters. The number of hydrogen-bond donors (Lipinski definition) is 1. The molecule has 2 aromatic carbocycles. The molecule has 0 aliphatic carbocycles. The van der Waals surface area contributed by atoms with Gasteiger partial charge in [0.05, 0.1) is 15.8 Å². The second kappa shape index (κ2) is 7.84. The lowest BCUT2D eigenvalue weighted by Gasteiger charge is -2.09. The second-order valence-corrected chi connectivity index (χ2v) is 9.23. The van der Waals surface area contributed by atoms with Gasteiger partial charge in [-0.05, 0) is 43.3 Å². The Labute approximate surface area is 176 Å². The summed E-state index contributed by atoms with van der Waals surface area (Å²) in [6.07, 6.45) is 4.34. The highest BCUT2D eigenvalue weighted by Crippen LogP contribution is 2.32. The first-order valence-electron chi connectivity index (χ1n) is 8.90. The third-order valence-electron chi connectivity index (χ3n) is 4.28. The Bertz CT molecular complexity index is 1310. The van der Waals surface area contributed by atoms with Crippen molar-refractivity contribution in [2.45, 2.75) is 18.4 Å². The lowest BCUT2D eigenvalue weighted by molar-refractivity contribution is 0.102. The maximum Gasteiger partial charge on any atom is 0.257 e. The molecule has 0 saturated heterocycles. The van der Waals surface area contributed by atoms with Crippen LogP contribution in [0.5, 0.6) is 11.5 Å². The number of aryl methyl sites for hydroxylation is 1. The number of fused-ring (bicyclic) bond motifs is 1. The molecule has 2 heterocycles. The Morgan fingerprint density at radius 3 is 2.63 bits per heavy atom. The van der Waals surface area contributed by atoms with Gasteiger partial charge in [-0.1, -0.05) is 0 Å². The van der Waals surface area contributed by atoms with Crippen molar-refractivity contribution in [2.24, 2.45) is 0 Å². The minimum Gasteiger partial charge on any atom is -0.457 e. The fourth-order valence-electron chi connectivity index (χ4n) is 2.80. The standard InChI is InChI=1S/C19H17N5O4S2/c1-3-24-10-15-16(23-24)8-12(18(25)22-19-20-11-21-29-19)9-17(15)28-13-4-6-14(7-5-13)30(2,26)27/h4-11H,3H2,1-2H3,(H,20,21,22,25). The van der Waals surface area contributed by atoms with E-state index in [4.69, 9.17) is 4.74 Å². The molecule has 11 heteroatoms. The summed E-state index contributed by atoms with van der Waals surface area (Å²) in [7, 11) is -3.30. The van der Waals surface area contributed by atoms with Gasteiger partial charge in [-0.25, -0.2) is 13.4 Å². The highest BCUT2D eigenvalue weighted by Gasteiger charge is 2.16. The van der Waals surface area contributed by atoms with Gasteiger partial charge in [0.2, 0.25) is 5.13 Å². The number of anilines is 1. The predicted octanol–water partition coefficient (Wildman–Crippen LogP) is 3.36. The molecule has 2 aromatic heterocycles. The van der Waals surface area contributed by atoms with Crippen molar-refractivity contribution in [1.29, 1.82) is 0 Å². The fraction of sp³-hybridized carbons (Fsp3) is 0.158. The van der Waals surface area contributed by atoms with Gasteiger partial charge < -0.3 is 4.74 Å². The summed E-state index contributed by atoms with van der Waals surface area (Å²) < 4.78 is 34.9. The molecule has 0 saturated carbocycles. The summed E-state index contributed by atoms with van der Waals surface area (Å²) in [5, 5.41) is 8.28. The Morgan fingerprint density at radius 1 is 1.23 bits per heavy atom. The predicted molar refractivity (Wildman–Crippen MR) is 113 cm³/mol. The summed E-state index contributed by atoms with van der Waals surface area (Å²) >= 11 is 1.07. The van der Waals surface area contributed by atoms with E-state index in [1.807, 2.05) is 13.1 Å². The van der Waals surface area contributed by atoms with Crippen molar-refractivity contribution >= 4 is 43.3 Å². The number of hydrogen-bond acceptors (Lipinski definition) is 8. The van der Waals surface area contributed by atoms with Crippen LogP contribution in [-0.4, -0.2) is 39.7 Å². The third kappa shape index (κ3) is 4.16. The van der Waals surface area contributed by atoms with Gasteiger partial charge >= 0.3 is 0 Å². The normalized spacial score (nSPS) is 11.5. The smallest absolute Gasteiger partial charge is 0.257 e. The fourth-order valence-corrected chi connectivity index (χ4v) is 3.85. The Balaban J connectivity index is 1.71. The minimum atomic E-state index is -3.30. The number of aromatic nitrogens is 4. The van der Waals surface area contributed by atoms with Gasteiger partial charge in [-0.3, -0.25) is 14.8 Å². The molecule has 4 aromatic rings. The molecule has 1 N–H and O–H groups in total. The van der Waals surface area contributed by atoms with Crippen LogP contribution in [0.1, 0.15) is 17.3 Å². The van der Waals surface area contributed by atoms with E-state index in [0.29, 0.717) is 34.3 Å². The van der Waals surface area contributed by atoms with Gasteiger partial charge in [0.1, 0.15) is 17.8 Å². The SMILES string of the molecule is CCn1cc2c(Oc3ccc(S(C)(=O)=O)cc3)cc(C(=O)Nc3ncns3)cc2n1. The van der Waals surface area contributed by atoms with Crippen molar-refractivity contribution in [3.63, 3.8) is 0 Å². The van der Waals surface area contributed by atoms with Crippen LogP contribution in [-0.2, 0) is 16.4 Å². The van der Waals surface area contributed by atoms with E-state index in [-0.39, 0.29) is 10.8 Å². The molecule has 154 valence electrons. The number of carbonyl (C=O) groups is 1. The van der Waals surface area contributed by atoms with Crippen LogP contribution in [0.2, 0.25) is 0 Å². The molecule has 1 amide bonds. The molecule has 9 nitrogen and oxygen atoms in total. The van der Waals surface area contributed by atoms with Gasteiger partial charge in [0.25, 0.3) is 5.91 Å². The number of nitrogens with zero attached hydrogens (tertiary/aromatic N) is 4. The van der Waals surface area contributed by atoms with Crippen LogP contribution in [0.15, 0.2) is 53.8 Å². The molecule has 0 fully saturated rings. The van der Waals surface area contributed by atoms with Crippen molar-refractivity contribution in [3.8, 4) is 11.5 Å². The number of amides is 1. The zero-order valence-electron chi connectivity index (χ0n) is 16.1. The lowest BCUT2D eigenvalue weighted by Crippen LogP contribution is -2.11. The molecule has 0 bridgehead atoms. The molecular weight excluding hydrogens is 426 g/mol. The average Bonchev–Trinajstić information content (AvgIpc) is 3.37. The average molecular weight is 444 g/mol. The quantitative estimate of drug-likeness (QED) is 0.486. The van der Waals surface area contributed by atoms with Crippen molar-refractivity contribution in [1.82, 2.24) is 19.1 Å². The van der Waals surface area contributed by atoms with Crippen molar-refractivity contribution in [2.75, 3.05) is 11.6 Å². The number of rotatable bonds is 6. The summed E-state index contributed by atoms with van der Waals surface area (Å²) in [4.78, 5) is 16.8. The van der Waals surface area contributed by atoms with E-state index in [1.165, 1.54) is 18.5 Å². The molecule has 0 spiro atoms. The highest BCUT2D eigenvalue weighted by molar-refractivity contribution is 7.90. The number of carbonyl (C=O) groups excluding carboxylic acids is 1. The van der Waals surface area contributed by atoms with Crippen LogP contribution in [0.25, 0.3) is 10.9 Å². The van der Waals surface area contributed by atoms with Crippen LogP contribution in [0, 0.1) is 0 Å². The van der Waals surface area contributed by atoms with Gasteiger partial charge in [0, 0.05) is 36.1 Å². The Kier molecular flexibility index (Phi) is 5.22. The number of sulfone groups is 1. The van der Waals surface area contributed by atoms with E-state index >= 15 is 0 Å². The number of ether oxygens (including phenoxy) is 1. The van der Waals surface area contributed by atoms with Crippen LogP contribution >= 0.6 is 11.5 Å². The zero-order valence-corrected chi connectivity index (χ0v) is 17.7. The number of nitrogens with one attached hydrogen (secondary N) is 1. The molecule has 0 radical (unpaired) electrons. The summed E-state index contributed by atoms with van der Waals surface area (Å²) in [6, 6.07) is 9.38. The van der Waals surface area contributed by atoms with Crippen LogP contribution < -0.4 is 10.1 Å². The molecular formula is C19H17N5O4S2. The first-order valence-corrected chi connectivity index (χ1v) is 11.6. The maximum absolute atomic E-state index is 12.7. The summed E-state index contributed by atoms with van der Waals surface area (Å²) in [5.74, 6) is 0.508. The molecule has 0 atom stereocenters. The van der Waals surface area contributed by atoms with E-state index in [0.717, 1.165) is 23.2 Å². The van der Waals surface area contributed by atoms with E-state index in [1.54, 1.807) is 28.9 Å². The largest absolute Gasteiger partial charge is 0.457 e. The minimum absolute atomic E-state index is 0.198. The van der Waals surface area contributed by atoms with E-state index < -0.39 is 9.84 Å². The Morgan fingerprint density at radius 2 is 2.00 bits per heavy atom. The van der Waals surface area contributed by atoms with Crippen molar-refractivity contribution < 1.29 is 17.9 Å². The monoisotopic (exact) mass is 443 g/mol. The maximum atomic E-state index is 12.7. The molecule has 4 rings (SSSR count). The topological polar surface area (TPSA) is 116 Å². The first-order chi connectivity index (χ1) is 14.3.